The van der Waals surface area contributed by atoms with Gasteiger partial charge in [-0.3, -0.25) is 5.10 Å². The molecule has 0 amide bonds. The maximum absolute atomic E-state index is 9.17. The lowest BCUT2D eigenvalue weighted by atomic mass is 9.98. The predicted octanol–water partition coefficient (Wildman–Crippen LogP) is 2.72. The van der Waals surface area contributed by atoms with E-state index in [0.29, 0.717) is 11.5 Å². The van der Waals surface area contributed by atoms with Crippen LogP contribution < -0.4 is 0 Å². The zero-order chi connectivity index (χ0) is 13.4. The van der Waals surface area contributed by atoms with Gasteiger partial charge in [0.05, 0.1) is 23.5 Å². The third kappa shape index (κ3) is 1.78. The number of fused-ring (bicyclic) bond motifs is 1. The first kappa shape index (κ1) is 11.5. The van der Waals surface area contributed by atoms with Gasteiger partial charge in [0.2, 0.25) is 0 Å². The standard InChI is InChI=1S/C14H13N5/c1-9(2)13-3-10(12-5-16-17-6-12)8-19-14(13)11(4-15)7-18-19/h3,5-9H,1-2H3,(H,16,17). The van der Waals surface area contributed by atoms with E-state index >= 15 is 0 Å². The molecular weight excluding hydrogens is 238 g/mol. The van der Waals surface area contributed by atoms with Crippen molar-refractivity contribution in [2.24, 2.45) is 0 Å². The van der Waals surface area contributed by atoms with Gasteiger partial charge in [0, 0.05) is 23.5 Å². The smallest absolute Gasteiger partial charge is 0.103 e. The van der Waals surface area contributed by atoms with Gasteiger partial charge in [-0.25, -0.2) is 4.52 Å². The van der Waals surface area contributed by atoms with Gasteiger partial charge < -0.3 is 0 Å². The lowest BCUT2D eigenvalue weighted by molar-refractivity contribution is 0.854. The largest absolute Gasteiger partial charge is 0.285 e. The van der Waals surface area contributed by atoms with Crippen LogP contribution in [-0.2, 0) is 0 Å². The molecular formula is C14H13N5. The summed E-state index contributed by atoms with van der Waals surface area (Å²) in [6, 6.07) is 4.30. The van der Waals surface area contributed by atoms with E-state index < -0.39 is 0 Å². The summed E-state index contributed by atoms with van der Waals surface area (Å²) in [5, 5.41) is 20.2. The molecule has 5 nitrogen and oxygen atoms in total. The van der Waals surface area contributed by atoms with Gasteiger partial charge in [-0.2, -0.15) is 15.5 Å². The van der Waals surface area contributed by atoms with E-state index in [1.165, 1.54) is 0 Å². The van der Waals surface area contributed by atoms with Gasteiger partial charge in [-0.15, -0.1) is 0 Å². The van der Waals surface area contributed by atoms with Gasteiger partial charge >= 0.3 is 0 Å². The molecule has 94 valence electrons. The van der Waals surface area contributed by atoms with Crippen molar-refractivity contribution in [1.29, 1.82) is 5.26 Å². The second-order valence-electron chi connectivity index (χ2n) is 4.79. The fraction of sp³-hybridized carbons (Fsp3) is 0.214. The first-order chi connectivity index (χ1) is 9.20. The Kier molecular flexibility index (Phi) is 2.57. The molecule has 0 spiro atoms. The highest BCUT2D eigenvalue weighted by molar-refractivity contribution is 5.72. The van der Waals surface area contributed by atoms with Crippen molar-refractivity contribution in [3.05, 3.63) is 42.0 Å². The van der Waals surface area contributed by atoms with Crippen molar-refractivity contribution in [2.45, 2.75) is 19.8 Å². The number of pyridine rings is 1. The first-order valence-electron chi connectivity index (χ1n) is 6.11. The van der Waals surface area contributed by atoms with Crippen LogP contribution in [-0.4, -0.2) is 19.8 Å². The Morgan fingerprint density at radius 3 is 2.79 bits per heavy atom. The molecule has 0 saturated carbocycles. The number of nitriles is 1. The van der Waals surface area contributed by atoms with E-state index in [0.717, 1.165) is 22.2 Å². The molecule has 0 radical (unpaired) electrons. The lowest BCUT2D eigenvalue weighted by Crippen LogP contribution is -1.97. The summed E-state index contributed by atoms with van der Waals surface area (Å²) >= 11 is 0. The Balaban J connectivity index is 2.33. The molecule has 0 aliphatic heterocycles. The molecule has 5 heteroatoms. The number of nitrogens with one attached hydrogen (secondary N) is 1. The maximum Gasteiger partial charge on any atom is 0.103 e. The molecule has 3 heterocycles. The Labute approximate surface area is 110 Å². The minimum atomic E-state index is 0.318. The second kappa shape index (κ2) is 4.25. The lowest BCUT2D eigenvalue weighted by Gasteiger charge is -2.10. The number of aromatic nitrogens is 4. The van der Waals surface area contributed by atoms with E-state index in [1.54, 1.807) is 16.9 Å². The summed E-state index contributed by atoms with van der Waals surface area (Å²) in [5.74, 6) is 0.318. The van der Waals surface area contributed by atoms with Crippen molar-refractivity contribution in [3.8, 4) is 17.2 Å². The number of aromatic amines is 1. The average Bonchev–Trinajstić information content (AvgIpc) is 3.06. The van der Waals surface area contributed by atoms with Gasteiger partial charge in [0.15, 0.2) is 0 Å². The molecule has 0 saturated heterocycles. The van der Waals surface area contributed by atoms with E-state index in [1.807, 2.05) is 12.4 Å². The predicted molar refractivity (Wildman–Crippen MR) is 71.6 cm³/mol. The van der Waals surface area contributed by atoms with Gasteiger partial charge in [-0.1, -0.05) is 13.8 Å². The Bertz CT molecular complexity index is 759. The number of hydrogen-bond donors (Lipinski definition) is 1. The average molecular weight is 251 g/mol. The van der Waals surface area contributed by atoms with Crippen molar-refractivity contribution in [2.75, 3.05) is 0 Å². The van der Waals surface area contributed by atoms with Crippen LogP contribution in [0.15, 0.2) is 30.9 Å². The quantitative estimate of drug-likeness (QED) is 0.761. The van der Waals surface area contributed by atoms with Crippen LogP contribution in [0.1, 0.15) is 30.9 Å². The summed E-state index contributed by atoms with van der Waals surface area (Å²) in [7, 11) is 0. The van der Waals surface area contributed by atoms with Crippen LogP contribution >= 0.6 is 0 Å². The molecule has 3 rings (SSSR count). The van der Waals surface area contributed by atoms with Crippen LogP contribution in [0, 0.1) is 11.3 Å². The minimum absolute atomic E-state index is 0.318. The molecule has 0 aliphatic carbocycles. The summed E-state index contributed by atoms with van der Waals surface area (Å²) in [6.45, 7) is 4.23. The van der Waals surface area contributed by atoms with Gasteiger partial charge in [0.1, 0.15) is 6.07 Å². The van der Waals surface area contributed by atoms with Crippen molar-refractivity contribution in [3.63, 3.8) is 0 Å². The molecule has 0 bridgehead atoms. The van der Waals surface area contributed by atoms with Crippen LogP contribution in [0.4, 0.5) is 0 Å². The van der Waals surface area contributed by atoms with Crippen molar-refractivity contribution >= 4 is 5.52 Å². The normalized spacial score (nSPS) is 11.1. The Morgan fingerprint density at radius 2 is 2.16 bits per heavy atom. The molecule has 1 N–H and O–H groups in total. The van der Waals surface area contributed by atoms with Crippen molar-refractivity contribution in [1.82, 2.24) is 19.8 Å². The van der Waals surface area contributed by atoms with E-state index in [4.69, 9.17) is 5.26 Å². The van der Waals surface area contributed by atoms with Crippen LogP contribution in [0.2, 0.25) is 0 Å². The maximum atomic E-state index is 9.17. The highest BCUT2D eigenvalue weighted by Crippen LogP contribution is 2.28. The molecule has 19 heavy (non-hydrogen) atoms. The van der Waals surface area contributed by atoms with Crippen LogP contribution in [0.25, 0.3) is 16.6 Å². The molecule has 0 aromatic carbocycles. The Hall–Kier alpha value is -2.61. The molecule has 0 atom stereocenters. The monoisotopic (exact) mass is 251 g/mol. The Morgan fingerprint density at radius 1 is 1.32 bits per heavy atom. The fourth-order valence-corrected chi connectivity index (χ4v) is 2.24. The third-order valence-electron chi connectivity index (χ3n) is 3.22. The SMILES string of the molecule is CC(C)c1cc(-c2cn[nH]c2)cn2ncc(C#N)c12. The fourth-order valence-electron chi connectivity index (χ4n) is 2.24. The van der Waals surface area contributed by atoms with E-state index in [-0.39, 0.29) is 0 Å². The number of nitrogens with zero attached hydrogens (tertiary/aromatic N) is 4. The third-order valence-corrected chi connectivity index (χ3v) is 3.22. The van der Waals surface area contributed by atoms with E-state index in [2.05, 4.69) is 41.3 Å². The zero-order valence-corrected chi connectivity index (χ0v) is 10.8. The van der Waals surface area contributed by atoms with Crippen LogP contribution in [0.5, 0.6) is 0 Å². The summed E-state index contributed by atoms with van der Waals surface area (Å²) in [6.07, 6.45) is 7.16. The minimum Gasteiger partial charge on any atom is -0.285 e. The van der Waals surface area contributed by atoms with Gasteiger partial charge in [0.25, 0.3) is 0 Å². The summed E-state index contributed by atoms with van der Waals surface area (Å²) in [5.41, 5.74) is 4.68. The molecule has 3 aromatic heterocycles. The number of rotatable bonds is 2. The molecule has 0 fully saturated rings. The molecule has 0 unspecified atom stereocenters. The number of H-pyrrole nitrogens is 1. The topological polar surface area (TPSA) is 69.8 Å². The second-order valence-corrected chi connectivity index (χ2v) is 4.79. The van der Waals surface area contributed by atoms with Crippen molar-refractivity contribution < 1.29 is 0 Å². The molecule has 3 aromatic rings. The summed E-state index contributed by atoms with van der Waals surface area (Å²) in [4.78, 5) is 0. The van der Waals surface area contributed by atoms with Gasteiger partial charge in [-0.05, 0) is 17.5 Å². The number of hydrogen-bond acceptors (Lipinski definition) is 3. The zero-order valence-electron chi connectivity index (χ0n) is 10.8. The van der Waals surface area contributed by atoms with E-state index in [9.17, 15) is 0 Å². The van der Waals surface area contributed by atoms with Crippen LogP contribution in [0.3, 0.4) is 0 Å². The highest BCUT2D eigenvalue weighted by Gasteiger charge is 2.14. The molecule has 0 aliphatic rings. The first-order valence-corrected chi connectivity index (χ1v) is 6.11. The summed E-state index contributed by atoms with van der Waals surface area (Å²) < 4.78 is 1.77. The highest BCUT2D eigenvalue weighted by atomic mass is 15.2.